The number of ether oxygens (including phenoxy) is 2. The van der Waals surface area contributed by atoms with Crippen molar-refractivity contribution < 1.29 is 27.4 Å². The third-order valence-electron chi connectivity index (χ3n) is 6.82. The highest BCUT2D eigenvalue weighted by Gasteiger charge is 2.33. The Morgan fingerprint density at radius 3 is 2.11 bits per heavy atom. The molecule has 2 aliphatic rings. The summed E-state index contributed by atoms with van der Waals surface area (Å²) < 4.78 is 49.6. The van der Waals surface area contributed by atoms with E-state index >= 15 is 0 Å². The maximum absolute atomic E-state index is 13.0. The van der Waals surface area contributed by atoms with Crippen LogP contribution in [0, 0.1) is 0 Å². The van der Waals surface area contributed by atoms with E-state index < -0.39 is 11.7 Å². The maximum Gasteiger partial charge on any atom is 0.416 e. The van der Waals surface area contributed by atoms with Crippen LogP contribution in [0.5, 0.6) is 11.5 Å². The number of alkyl halides is 3. The van der Waals surface area contributed by atoms with E-state index in [9.17, 15) is 18.0 Å². The first-order valence-electron chi connectivity index (χ1n) is 12.2. The van der Waals surface area contributed by atoms with Crippen molar-refractivity contribution in [3.8, 4) is 11.5 Å². The van der Waals surface area contributed by atoms with Gasteiger partial charge >= 0.3 is 6.18 Å². The molecule has 0 spiro atoms. The van der Waals surface area contributed by atoms with Crippen molar-refractivity contribution in [1.29, 1.82) is 0 Å². The van der Waals surface area contributed by atoms with Crippen molar-refractivity contribution in [1.82, 2.24) is 9.80 Å². The van der Waals surface area contributed by atoms with E-state index in [1.165, 1.54) is 22.8 Å². The van der Waals surface area contributed by atoms with Gasteiger partial charge in [0.2, 0.25) is 6.41 Å². The van der Waals surface area contributed by atoms with Gasteiger partial charge in [0.25, 0.3) is 0 Å². The Hall–Kier alpha value is -3.52. The molecule has 0 fully saturated rings. The molecule has 5 nitrogen and oxygen atoms in total. The van der Waals surface area contributed by atoms with Gasteiger partial charge in [-0.3, -0.25) is 9.69 Å². The summed E-state index contributed by atoms with van der Waals surface area (Å²) in [5.41, 5.74) is 4.71. The van der Waals surface area contributed by atoms with Crippen LogP contribution in [-0.4, -0.2) is 43.5 Å². The second kappa shape index (κ2) is 11.7. The van der Waals surface area contributed by atoms with E-state index in [0.29, 0.717) is 30.9 Å². The topological polar surface area (TPSA) is 42.0 Å². The number of nitrogens with zero attached hydrogens (tertiary/aromatic N) is 2. The van der Waals surface area contributed by atoms with Crippen molar-refractivity contribution >= 4 is 6.41 Å². The lowest BCUT2D eigenvalue weighted by molar-refractivity contribution is -0.138. The van der Waals surface area contributed by atoms with Crippen LogP contribution in [0.3, 0.4) is 0 Å². The van der Waals surface area contributed by atoms with E-state index in [1.54, 1.807) is 31.3 Å². The maximum atomic E-state index is 13.0. The van der Waals surface area contributed by atoms with Crippen molar-refractivity contribution in [2.45, 2.75) is 38.7 Å². The molecule has 0 atom stereocenters. The standard InChI is InChI=1S/C17H16F3N.C12H15NO3/c18-17(19,20)16-8-4-3-7-15(16)12-21-10-9-13-5-1-2-6-14(13)11-21;1-15-11-5-9-3-4-13(8-14)7-10(9)6-12(11)16-2/h1-8H,9-12H2;5-6,8H,3-4,7H2,1-2H3. The van der Waals surface area contributed by atoms with Gasteiger partial charge in [0, 0.05) is 32.7 Å². The molecule has 0 N–H and O–H groups in total. The molecular formula is C29H31F3N2O3. The monoisotopic (exact) mass is 512 g/mol. The van der Waals surface area contributed by atoms with Gasteiger partial charge in [-0.05, 0) is 58.9 Å². The van der Waals surface area contributed by atoms with E-state index in [1.807, 2.05) is 24.3 Å². The first-order chi connectivity index (χ1) is 17.8. The van der Waals surface area contributed by atoms with Gasteiger partial charge in [0.15, 0.2) is 11.5 Å². The lowest BCUT2D eigenvalue weighted by Crippen LogP contribution is -2.30. The molecule has 0 aromatic heterocycles. The van der Waals surface area contributed by atoms with Gasteiger partial charge in [-0.1, -0.05) is 42.5 Å². The summed E-state index contributed by atoms with van der Waals surface area (Å²) in [5.74, 6) is 1.47. The fourth-order valence-electron chi connectivity index (χ4n) is 4.86. The molecule has 2 heterocycles. The Bertz CT molecular complexity index is 1230. The predicted molar refractivity (Wildman–Crippen MR) is 135 cm³/mol. The van der Waals surface area contributed by atoms with E-state index in [-0.39, 0.29) is 0 Å². The largest absolute Gasteiger partial charge is 0.493 e. The second-order valence-electron chi connectivity index (χ2n) is 9.19. The third-order valence-corrected chi connectivity index (χ3v) is 6.82. The summed E-state index contributed by atoms with van der Waals surface area (Å²) in [5, 5.41) is 0. The average molecular weight is 513 g/mol. The Morgan fingerprint density at radius 1 is 0.811 bits per heavy atom. The molecule has 0 saturated carbocycles. The molecule has 37 heavy (non-hydrogen) atoms. The second-order valence-corrected chi connectivity index (χ2v) is 9.19. The minimum Gasteiger partial charge on any atom is -0.493 e. The number of rotatable bonds is 5. The normalized spacial score (nSPS) is 15.1. The summed E-state index contributed by atoms with van der Waals surface area (Å²) in [6.45, 7) is 3.26. The summed E-state index contributed by atoms with van der Waals surface area (Å²) in [7, 11) is 3.25. The fourth-order valence-corrected chi connectivity index (χ4v) is 4.86. The molecule has 5 rings (SSSR count). The van der Waals surface area contributed by atoms with Crippen molar-refractivity contribution in [3.63, 3.8) is 0 Å². The SMILES string of the molecule is COc1cc2c(cc1OC)CN(C=O)CC2.FC(F)(F)c1ccccc1CN1CCc2ccccc2C1. The smallest absolute Gasteiger partial charge is 0.416 e. The van der Waals surface area contributed by atoms with E-state index in [4.69, 9.17) is 9.47 Å². The van der Waals surface area contributed by atoms with Crippen molar-refractivity contribution in [3.05, 3.63) is 94.0 Å². The Labute approximate surface area is 215 Å². The molecule has 1 amide bonds. The lowest BCUT2D eigenvalue weighted by Gasteiger charge is -2.29. The van der Waals surface area contributed by atoms with Crippen molar-refractivity contribution in [2.75, 3.05) is 27.3 Å². The Morgan fingerprint density at radius 2 is 1.43 bits per heavy atom. The van der Waals surface area contributed by atoms with Gasteiger partial charge in [0.1, 0.15) is 0 Å². The molecule has 0 saturated heterocycles. The molecule has 3 aromatic rings. The molecular weight excluding hydrogens is 481 g/mol. The van der Waals surface area contributed by atoms with Crippen LogP contribution in [0.15, 0.2) is 60.7 Å². The molecule has 8 heteroatoms. The first kappa shape index (κ1) is 26.5. The number of methoxy groups -OCH3 is 2. The van der Waals surface area contributed by atoms with Crippen LogP contribution in [0.4, 0.5) is 13.2 Å². The van der Waals surface area contributed by atoms with Crippen molar-refractivity contribution in [2.24, 2.45) is 0 Å². The van der Waals surface area contributed by atoms with E-state index in [2.05, 4.69) is 17.0 Å². The van der Waals surface area contributed by atoms with Crippen LogP contribution >= 0.6 is 0 Å². The number of carbonyl (C=O) groups is 1. The van der Waals surface area contributed by atoms with Gasteiger partial charge in [0.05, 0.1) is 19.8 Å². The summed E-state index contributed by atoms with van der Waals surface area (Å²) in [6, 6.07) is 17.9. The molecule has 0 bridgehead atoms. The zero-order chi connectivity index (χ0) is 26.4. The zero-order valence-corrected chi connectivity index (χ0v) is 21.1. The zero-order valence-electron chi connectivity index (χ0n) is 21.1. The number of hydrogen-bond donors (Lipinski definition) is 0. The number of amides is 1. The average Bonchev–Trinajstić information content (AvgIpc) is 2.92. The summed E-state index contributed by atoms with van der Waals surface area (Å²) in [4.78, 5) is 14.6. The number of hydrogen-bond acceptors (Lipinski definition) is 4. The highest BCUT2D eigenvalue weighted by atomic mass is 19.4. The van der Waals surface area contributed by atoms with Gasteiger partial charge in [-0.15, -0.1) is 0 Å². The molecule has 3 aromatic carbocycles. The summed E-state index contributed by atoms with van der Waals surface area (Å²) >= 11 is 0. The first-order valence-corrected chi connectivity index (χ1v) is 12.2. The van der Waals surface area contributed by atoms with Crippen LogP contribution in [-0.2, 0) is 43.4 Å². The Balaban J connectivity index is 0.000000180. The molecule has 2 aliphatic heterocycles. The van der Waals surface area contributed by atoms with Gasteiger partial charge < -0.3 is 14.4 Å². The van der Waals surface area contributed by atoms with Gasteiger partial charge in [-0.25, -0.2) is 0 Å². The number of benzene rings is 3. The highest BCUT2D eigenvalue weighted by molar-refractivity contribution is 5.53. The Kier molecular flexibility index (Phi) is 8.38. The minimum absolute atomic E-state index is 0.337. The summed E-state index contributed by atoms with van der Waals surface area (Å²) in [6.07, 6.45) is -1.64. The lowest BCUT2D eigenvalue weighted by atomic mass is 9.99. The predicted octanol–water partition coefficient (Wildman–Crippen LogP) is 5.48. The number of fused-ring (bicyclic) bond motifs is 2. The van der Waals surface area contributed by atoms with Crippen LogP contribution in [0.1, 0.15) is 33.4 Å². The fraction of sp³-hybridized carbons (Fsp3) is 0.345. The van der Waals surface area contributed by atoms with Gasteiger partial charge in [-0.2, -0.15) is 13.2 Å². The molecule has 0 unspecified atom stereocenters. The van der Waals surface area contributed by atoms with Crippen LogP contribution in [0.25, 0.3) is 0 Å². The number of halogens is 3. The van der Waals surface area contributed by atoms with Crippen LogP contribution < -0.4 is 9.47 Å². The molecule has 0 aliphatic carbocycles. The number of carbonyl (C=O) groups excluding carboxylic acids is 1. The van der Waals surface area contributed by atoms with E-state index in [0.717, 1.165) is 49.7 Å². The molecule has 0 radical (unpaired) electrons. The van der Waals surface area contributed by atoms with Crippen LogP contribution in [0.2, 0.25) is 0 Å². The minimum atomic E-state index is -4.29. The quantitative estimate of drug-likeness (QED) is 0.425. The molecule has 196 valence electrons. The highest BCUT2D eigenvalue weighted by Crippen LogP contribution is 2.34. The third kappa shape index (κ3) is 6.43.